The monoisotopic (exact) mass is 378 g/mol. The highest BCUT2D eigenvalue weighted by molar-refractivity contribution is 7.13. The fourth-order valence-electron chi connectivity index (χ4n) is 2.51. The molecule has 3 aromatic rings. The van der Waals surface area contributed by atoms with Crippen molar-refractivity contribution in [1.29, 1.82) is 5.26 Å². The number of nitro groups is 1. The molecule has 3 rings (SSSR count). The molecule has 0 saturated carbocycles. The predicted molar refractivity (Wildman–Crippen MR) is 103 cm³/mol. The van der Waals surface area contributed by atoms with E-state index in [1.54, 1.807) is 43.3 Å². The molecule has 0 aliphatic heterocycles. The van der Waals surface area contributed by atoms with Crippen molar-refractivity contribution in [3.8, 4) is 27.9 Å². The molecule has 0 unspecified atom stereocenters. The molecular formula is C19H14N4O3S. The van der Waals surface area contributed by atoms with Crippen LogP contribution < -0.4 is 5.32 Å². The number of anilines is 1. The first kappa shape index (κ1) is 18.2. The molecule has 0 atom stereocenters. The zero-order valence-electron chi connectivity index (χ0n) is 14.3. The lowest BCUT2D eigenvalue weighted by molar-refractivity contribution is -0.385. The number of nitrogens with zero attached hydrogens (tertiary/aromatic N) is 3. The van der Waals surface area contributed by atoms with Gasteiger partial charge in [0.2, 0.25) is 5.91 Å². The molecule has 1 N–H and O–H groups in total. The zero-order valence-corrected chi connectivity index (χ0v) is 15.1. The van der Waals surface area contributed by atoms with Crippen molar-refractivity contribution in [2.24, 2.45) is 0 Å². The predicted octanol–water partition coefficient (Wildman–Crippen LogP) is 4.55. The normalized spacial score (nSPS) is 10.2. The van der Waals surface area contributed by atoms with E-state index in [9.17, 15) is 14.9 Å². The fourth-order valence-corrected chi connectivity index (χ4v) is 3.34. The topological polar surface area (TPSA) is 109 Å². The zero-order chi connectivity index (χ0) is 19.4. The van der Waals surface area contributed by atoms with Gasteiger partial charge in [0.05, 0.1) is 16.7 Å². The van der Waals surface area contributed by atoms with Crippen LogP contribution in [0.15, 0.2) is 47.8 Å². The van der Waals surface area contributed by atoms with E-state index in [-0.39, 0.29) is 18.0 Å². The van der Waals surface area contributed by atoms with Gasteiger partial charge >= 0.3 is 0 Å². The molecule has 7 nitrogen and oxygen atoms in total. The molecule has 134 valence electrons. The lowest BCUT2D eigenvalue weighted by Crippen LogP contribution is -2.09. The third-order valence-corrected chi connectivity index (χ3v) is 4.73. The highest BCUT2D eigenvalue weighted by Gasteiger charge is 2.14. The molecular weight excluding hydrogens is 364 g/mol. The number of nitriles is 1. The Hall–Kier alpha value is -3.57. The summed E-state index contributed by atoms with van der Waals surface area (Å²) in [5.74, 6) is -0.374. The molecule has 0 radical (unpaired) electrons. The van der Waals surface area contributed by atoms with Gasteiger partial charge in [0.25, 0.3) is 5.69 Å². The van der Waals surface area contributed by atoms with Crippen LogP contribution in [0.2, 0.25) is 0 Å². The van der Waals surface area contributed by atoms with Crippen molar-refractivity contribution in [3.05, 3.63) is 63.5 Å². The van der Waals surface area contributed by atoms with Gasteiger partial charge in [-0.1, -0.05) is 24.3 Å². The van der Waals surface area contributed by atoms with Crippen molar-refractivity contribution in [2.45, 2.75) is 13.3 Å². The first-order chi connectivity index (χ1) is 13.0. The summed E-state index contributed by atoms with van der Waals surface area (Å²) in [5, 5.41) is 24.9. The Labute approximate surface area is 159 Å². The molecule has 0 aliphatic carbocycles. The van der Waals surface area contributed by atoms with E-state index in [0.29, 0.717) is 22.5 Å². The lowest BCUT2D eigenvalue weighted by Gasteiger charge is -2.04. The Balaban J connectivity index is 1.88. The fraction of sp³-hybridized carbons (Fsp3) is 0.105. The van der Waals surface area contributed by atoms with Gasteiger partial charge in [0.1, 0.15) is 11.4 Å². The third kappa shape index (κ3) is 4.16. The molecule has 2 aromatic carbocycles. The highest BCUT2D eigenvalue weighted by atomic mass is 32.1. The molecule has 0 bridgehead atoms. The molecule has 27 heavy (non-hydrogen) atoms. The van der Waals surface area contributed by atoms with Crippen LogP contribution in [0, 0.1) is 28.4 Å². The number of aryl methyl sites for hydroxylation is 1. The minimum Gasteiger partial charge on any atom is -0.325 e. The number of hydrogen-bond donors (Lipinski definition) is 1. The number of amides is 1. The molecule has 1 heterocycles. The third-order valence-electron chi connectivity index (χ3n) is 3.84. The van der Waals surface area contributed by atoms with Crippen LogP contribution in [0.1, 0.15) is 12.0 Å². The molecule has 0 fully saturated rings. The average Bonchev–Trinajstić information content (AvgIpc) is 3.12. The average molecular weight is 378 g/mol. The number of hydrogen-bond acceptors (Lipinski definition) is 6. The lowest BCUT2D eigenvalue weighted by atomic mass is 10.1. The first-order valence-electron chi connectivity index (χ1n) is 7.96. The summed E-state index contributed by atoms with van der Waals surface area (Å²) in [7, 11) is 0. The summed E-state index contributed by atoms with van der Waals surface area (Å²) in [5.41, 5.74) is 3.37. The summed E-state index contributed by atoms with van der Waals surface area (Å²) in [4.78, 5) is 26.9. The molecule has 1 aromatic heterocycles. The van der Waals surface area contributed by atoms with E-state index >= 15 is 0 Å². The molecule has 8 heteroatoms. The Morgan fingerprint density at radius 1 is 1.30 bits per heavy atom. The minimum absolute atomic E-state index is 0.0595. The quantitative estimate of drug-likeness (QED) is 0.517. The van der Waals surface area contributed by atoms with Crippen molar-refractivity contribution >= 4 is 28.6 Å². The van der Waals surface area contributed by atoms with Crippen LogP contribution in [0.25, 0.3) is 21.8 Å². The van der Waals surface area contributed by atoms with Gasteiger partial charge in [0, 0.05) is 33.8 Å². The second-order valence-electron chi connectivity index (χ2n) is 5.76. The molecule has 1 amide bonds. The second-order valence-corrected chi connectivity index (χ2v) is 6.62. The molecule has 0 aliphatic rings. The summed E-state index contributed by atoms with van der Waals surface area (Å²) in [6, 6.07) is 14.0. The van der Waals surface area contributed by atoms with Crippen LogP contribution in [-0.2, 0) is 4.79 Å². The van der Waals surface area contributed by atoms with Gasteiger partial charge in [-0.05, 0) is 19.1 Å². The van der Waals surface area contributed by atoms with E-state index < -0.39 is 4.92 Å². The summed E-state index contributed by atoms with van der Waals surface area (Å²) >= 11 is 1.41. The van der Waals surface area contributed by atoms with Crippen LogP contribution in [-0.4, -0.2) is 15.8 Å². The SMILES string of the molecule is Cc1ccc(-c2csc(-c3cccc(NC(=O)CC#N)c3)n2)cc1[N+](=O)[O-]. The summed E-state index contributed by atoms with van der Waals surface area (Å²) in [6.45, 7) is 1.69. The van der Waals surface area contributed by atoms with Gasteiger partial charge in [-0.15, -0.1) is 11.3 Å². The van der Waals surface area contributed by atoms with Crippen LogP contribution in [0.5, 0.6) is 0 Å². The van der Waals surface area contributed by atoms with Gasteiger partial charge in [-0.3, -0.25) is 14.9 Å². The van der Waals surface area contributed by atoms with Crippen molar-refractivity contribution in [1.82, 2.24) is 4.98 Å². The van der Waals surface area contributed by atoms with E-state index in [4.69, 9.17) is 5.26 Å². The minimum atomic E-state index is -0.403. The van der Waals surface area contributed by atoms with E-state index in [2.05, 4.69) is 10.3 Å². The smallest absolute Gasteiger partial charge is 0.272 e. The number of carbonyl (C=O) groups is 1. The van der Waals surface area contributed by atoms with E-state index in [1.807, 2.05) is 11.4 Å². The number of aromatic nitrogens is 1. The van der Waals surface area contributed by atoms with Crippen LogP contribution >= 0.6 is 11.3 Å². The number of rotatable bonds is 5. The highest BCUT2D eigenvalue weighted by Crippen LogP contribution is 2.32. The number of nitro benzene ring substituents is 1. The van der Waals surface area contributed by atoms with Gasteiger partial charge in [0.15, 0.2) is 0 Å². The maximum absolute atomic E-state index is 11.6. The van der Waals surface area contributed by atoms with Crippen molar-refractivity contribution in [2.75, 3.05) is 5.32 Å². The van der Waals surface area contributed by atoms with Crippen LogP contribution in [0.3, 0.4) is 0 Å². The largest absolute Gasteiger partial charge is 0.325 e. The molecule has 0 saturated heterocycles. The Morgan fingerprint density at radius 2 is 2.11 bits per heavy atom. The Morgan fingerprint density at radius 3 is 2.85 bits per heavy atom. The first-order valence-corrected chi connectivity index (χ1v) is 8.84. The van der Waals surface area contributed by atoms with E-state index in [1.165, 1.54) is 17.4 Å². The van der Waals surface area contributed by atoms with Gasteiger partial charge in [-0.2, -0.15) is 5.26 Å². The second kappa shape index (κ2) is 7.76. The van der Waals surface area contributed by atoms with Crippen LogP contribution in [0.4, 0.5) is 11.4 Å². The van der Waals surface area contributed by atoms with Gasteiger partial charge < -0.3 is 5.32 Å². The van der Waals surface area contributed by atoms with Gasteiger partial charge in [-0.25, -0.2) is 4.98 Å². The summed E-state index contributed by atoms with van der Waals surface area (Å²) in [6.07, 6.45) is -0.210. The number of benzene rings is 2. The number of thiazole rings is 1. The van der Waals surface area contributed by atoms with E-state index in [0.717, 1.165) is 10.6 Å². The maximum atomic E-state index is 11.6. The number of nitrogens with one attached hydrogen (secondary N) is 1. The standard InChI is InChI=1S/C19H14N4O3S/c1-12-5-6-13(10-17(12)23(25)26)16-11-27-19(22-16)14-3-2-4-15(9-14)21-18(24)7-8-20/h2-6,9-11H,7H2,1H3,(H,21,24). The van der Waals surface area contributed by atoms with Crippen molar-refractivity contribution in [3.63, 3.8) is 0 Å². The summed E-state index contributed by atoms with van der Waals surface area (Å²) < 4.78 is 0. The Kier molecular flexibility index (Phi) is 5.24. The maximum Gasteiger partial charge on any atom is 0.272 e. The Bertz CT molecular complexity index is 1070. The number of carbonyl (C=O) groups excluding carboxylic acids is 1. The molecule has 0 spiro atoms. The van der Waals surface area contributed by atoms with Crippen molar-refractivity contribution < 1.29 is 9.72 Å².